The van der Waals surface area contributed by atoms with Crippen molar-refractivity contribution < 1.29 is 14.4 Å². The Morgan fingerprint density at radius 3 is 2.65 bits per heavy atom. The predicted molar refractivity (Wildman–Crippen MR) is 138 cm³/mol. The molecule has 3 aromatic carbocycles. The van der Waals surface area contributed by atoms with Crippen molar-refractivity contribution in [1.29, 1.82) is 0 Å². The number of para-hydroxylation sites is 1. The number of aromatic amines is 1. The molecule has 0 aliphatic rings. The standard InChI is InChI=1S/C25H21BrCl2N2O4/c1-2-33-24-10-16(9-21(26)25(24)34-14-15-7-8-17(27)11-22(15)28)20(13-30(31)32)19-12-29-23-6-4-3-5-18(19)23/h3-12,20,29H,2,13-14H2,1H3/t20-/m0/s1. The van der Waals surface area contributed by atoms with Crippen molar-refractivity contribution in [2.45, 2.75) is 19.4 Å². The number of fused-ring (bicyclic) bond motifs is 1. The molecule has 9 heteroatoms. The molecule has 1 atom stereocenters. The fourth-order valence-electron chi connectivity index (χ4n) is 3.90. The highest BCUT2D eigenvalue weighted by Crippen LogP contribution is 2.42. The van der Waals surface area contributed by atoms with Gasteiger partial charge in [-0.05, 0) is 64.3 Å². The molecule has 4 rings (SSSR count). The van der Waals surface area contributed by atoms with Crippen LogP contribution in [0.5, 0.6) is 11.5 Å². The molecule has 1 heterocycles. The summed E-state index contributed by atoms with van der Waals surface area (Å²) in [7, 11) is 0. The Hall–Kier alpha value is -2.74. The van der Waals surface area contributed by atoms with Crippen molar-refractivity contribution in [1.82, 2.24) is 4.98 Å². The summed E-state index contributed by atoms with van der Waals surface area (Å²) in [6, 6.07) is 16.6. The van der Waals surface area contributed by atoms with E-state index in [0.29, 0.717) is 32.6 Å². The Kier molecular flexibility index (Phi) is 7.66. The molecule has 0 aliphatic carbocycles. The van der Waals surface area contributed by atoms with Crippen LogP contribution in [0.4, 0.5) is 0 Å². The van der Waals surface area contributed by atoms with Gasteiger partial charge in [0.05, 0.1) is 17.0 Å². The van der Waals surface area contributed by atoms with E-state index in [9.17, 15) is 10.1 Å². The maximum Gasteiger partial charge on any atom is 0.214 e. The second kappa shape index (κ2) is 10.7. The molecular formula is C25H21BrCl2N2O4. The van der Waals surface area contributed by atoms with Crippen molar-refractivity contribution >= 4 is 50.0 Å². The summed E-state index contributed by atoms with van der Waals surface area (Å²) in [5.41, 5.74) is 3.29. The van der Waals surface area contributed by atoms with Crippen molar-refractivity contribution in [2.24, 2.45) is 0 Å². The van der Waals surface area contributed by atoms with Crippen LogP contribution in [0.3, 0.4) is 0 Å². The van der Waals surface area contributed by atoms with E-state index < -0.39 is 5.92 Å². The second-order valence-electron chi connectivity index (χ2n) is 7.64. The number of aromatic nitrogens is 1. The van der Waals surface area contributed by atoms with Crippen LogP contribution < -0.4 is 9.47 Å². The van der Waals surface area contributed by atoms with Crippen LogP contribution >= 0.6 is 39.1 Å². The molecule has 0 unspecified atom stereocenters. The average Bonchev–Trinajstić information content (AvgIpc) is 3.22. The number of H-pyrrole nitrogens is 1. The van der Waals surface area contributed by atoms with E-state index in [1.54, 1.807) is 18.2 Å². The SMILES string of the molecule is CCOc1cc([C@H](C[N+](=O)[O-])c2c[nH]c3ccccc23)cc(Br)c1OCc1ccc(Cl)cc1Cl. The largest absolute Gasteiger partial charge is 0.490 e. The molecule has 6 nitrogen and oxygen atoms in total. The Balaban J connectivity index is 1.72. The van der Waals surface area contributed by atoms with E-state index in [0.717, 1.165) is 27.6 Å². The summed E-state index contributed by atoms with van der Waals surface area (Å²) < 4.78 is 12.6. The number of benzene rings is 3. The van der Waals surface area contributed by atoms with Gasteiger partial charge in [0.25, 0.3) is 0 Å². The molecule has 0 saturated carbocycles. The van der Waals surface area contributed by atoms with Crippen molar-refractivity contribution in [3.63, 3.8) is 0 Å². The van der Waals surface area contributed by atoms with Crippen molar-refractivity contribution in [2.75, 3.05) is 13.2 Å². The quantitative estimate of drug-likeness (QED) is 0.168. The Morgan fingerprint density at radius 1 is 1.12 bits per heavy atom. The van der Waals surface area contributed by atoms with Crippen LogP contribution in [-0.4, -0.2) is 23.1 Å². The summed E-state index contributed by atoms with van der Waals surface area (Å²) >= 11 is 15.8. The maximum absolute atomic E-state index is 11.6. The van der Waals surface area contributed by atoms with Gasteiger partial charge < -0.3 is 14.5 Å². The Bertz CT molecular complexity index is 1340. The molecule has 0 spiro atoms. The average molecular weight is 564 g/mol. The van der Waals surface area contributed by atoms with Gasteiger partial charge in [-0.2, -0.15) is 0 Å². The summed E-state index contributed by atoms with van der Waals surface area (Å²) in [6.07, 6.45) is 1.83. The molecule has 0 bridgehead atoms. The van der Waals surface area contributed by atoms with Gasteiger partial charge >= 0.3 is 0 Å². The first-order valence-electron chi connectivity index (χ1n) is 10.6. The van der Waals surface area contributed by atoms with Gasteiger partial charge in [0, 0.05) is 37.6 Å². The second-order valence-corrected chi connectivity index (χ2v) is 9.34. The molecule has 34 heavy (non-hydrogen) atoms. The fraction of sp³-hybridized carbons (Fsp3) is 0.200. The maximum atomic E-state index is 11.6. The number of hydrogen-bond acceptors (Lipinski definition) is 4. The number of nitrogens with one attached hydrogen (secondary N) is 1. The summed E-state index contributed by atoms with van der Waals surface area (Å²) in [5, 5.41) is 13.6. The van der Waals surface area contributed by atoms with E-state index in [1.807, 2.05) is 49.5 Å². The molecule has 1 aromatic heterocycles. The van der Waals surface area contributed by atoms with Crippen LogP contribution in [-0.2, 0) is 6.61 Å². The number of nitro groups is 1. The van der Waals surface area contributed by atoms with Gasteiger partial charge in [-0.15, -0.1) is 0 Å². The smallest absolute Gasteiger partial charge is 0.214 e. The molecular weight excluding hydrogens is 543 g/mol. The van der Waals surface area contributed by atoms with E-state index >= 15 is 0 Å². The van der Waals surface area contributed by atoms with Gasteiger partial charge in [-0.1, -0.05) is 47.5 Å². The highest BCUT2D eigenvalue weighted by molar-refractivity contribution is 9.10. The first kappa shape index (κ1) is 24.4. The van der Waals surface area contributed by atoms with E-state index in [2.05, 4.69) is 20.9 Å². The Labute approximate surface area is 215 Å². The molecule has 0 saturated heterocycles. The van der Waals surface area contributed by atoms with Gasteiger partial charge in [-0.25, -0.2) is 0 Å². The van der Waals surface area contributed by atoms with E-state index in [1.165, 1.54) is 0 Å². The third-order valence-corrected chi connectivity index (χ3v) is 6.63. The first-order chi connectivity index (χ1) is 16.4. The normalized spacial score (nSPS) is 12.0. The Morgan fingerprint density at radius 2 is 1.91 bits per heavy atom. The topological polar surface area (TPSA) is 77.4 Å². The van der Waals surface area contributed by atoms with Gasteiger partial charge in [0.1, 0.15) is 6.61 Å². The van der Waals surface area contributed by atoms with Crippen molar-refractivity contribution in [3.8, 4) is 11.5 Å². The predicted octanol–water partition coefficient (Wildman–Crippen LogP) is 7.62. The zero-order valence-corrected chi connectivity index (χ0v) is 21.3. The van der Waals surface area contributed by atoms with Crippen LogP contribution in [0.1, 0.15) is 29.5 Å². The fourth-order valence-corrected chi connectivity index (χ4v) is 4.93. The van der Waals surface area contributed by atoms with Gasteiger partial charge in [0.2, 0.25) is 6.54 Å². The molecule has 0 fully saturated rings. The lowest BCUT2D eigenvalue weighted by atomic mass is 9.90. The minimum absolute atomic E-state index is 0.203. The third-order valence-electron chi connectivity index (χ3n) is 5.45. The lowest BCUT2D eigenvalue weighted by Gasteiger charge is -2.19. The summed E-state index contributed by atoms with van der Waals surface area (Å²) in [4.78, 5) is 14.5. The molecule has 176 valence electrons. The number of ether oxygens (including phenoxy) is 2. The molecule has 0 radical (unpaired) electrons. The van der Waals surface area contributed by atoms with Gasteiger partial charge in [-0.3, -0.25) is 10.1 Å². The molecule has 4 aromatic rings. The molecule has 1 N–H and O–H groups in total. The molecule has 0 aliphatic heterocycles. The summed E-state index contributed by atoms with van der Waals surface area (Å²) in [6.45, 7) is 2.21. The zero-order valence-electron chi connectivity index (χ0n) is 18.2. The lowest BCUT2D eigenvalue weighted by Crippen LogP contribution is -2.14. The van der Waals surface area contributed by atoms with Gasteiger partial charge in [0.15, 0.2) is 11.5 Å². The number of rotatable bonds is 9. The van der Waals surface area contributed by atoms with E-state index in [4.69, 9.17) is 32.7 Å². The van der Waals surface area contributed by atoms with Crippen LogP contribution in [0.2, 0.25) is 10.0 Å². The highest BCUT2D eigenvalue weighted by Gasteiger charge is 2.26. The molecule has 0 amide bonds. The lowest BCUT2D eigenvalue weighted by molar-refractivity contribution is -0.481. The van der Waals surface area contributed by atoms with Crippen LogP contribution in [0, 0.1) is 10.1 Å². The highest BCUT2D eigenvalue weighted by atomic mass is 79.9. The minimum Gasteiger partial charge on any atom is -0.490 e. The third kappa shape index (κ3) is 5.32. The van der Waals surface area contributed by atoms with Crippen molar-refractivity contribution in [3.05, 3.63) is 102 Å². The summed E-state index contributed by atoms with van der Waals surface area (Å²) in [5.74, 6) is 0.502. The number of hydrogen-bond donors (Lipinski definition) is 1. The first-order valence-corrected chi connectivity index (χ1v) is 12.1. The minimum atomic E-state index is -0.485. The van der Waals surface area contributed by atoms with Crippen LogP contribution in [0.25, 0.3) is 10.9 Å². The van der Waals surface area contributed by atoms with E-state index in [-0.39, 0.29) is 18.1 Å². The van der Waals surface area contributed by atoms with Crippen LogP contribution in [0.15, 0.2) is 65.3 Å². The monoisotopic (exact) mass is 562 g/mol. The number of nitrogens with zero attached hydrogens (tertiary/aromatic N) is 1. The zero-order chi connectivity index (χ0) is 24.2. The number of halogens is 3.